The number of aromatic nitrogens is 1. The van der Waals surface area contributed by atoms with E-state index in [0.29, 0.717) is 15.6 Å². The molecule has 2 N–H and O–H groups in total. The molecule has 0 bridgehead atoms. The van der Waals surface area contributed by atoms with Gasteiger partial charge in [0.1, 0.15) is 15.7 Å². The van der Waals surface area contributed by atoms with Gasteiger partial charge in [-0.3, -0.25) is 20.4 Å². The van der Waals surface area contributed by atoms with Gasteiger partial charge in [-0.1, -0.05) is 48.0 Å². The Morgan fingerprint density at radius 1 is 1.04 bits per heavy atom. The summed E-state index contributed by atoms with van der Waals surface area (Å²) in [7, 11) is 0. The third-order valence-corrected chi connectivity index (χ3v) is 5.02. The fourth-order valence-corrected chi connectivity index (χ4v) is 3.47. The van der Waals surface area contributed by atoms with Gasteiger partial charge in [0, 0.05) is 5.56 Å². The number of benzene rings is 2. The molecule has 0 atom stereocenters. The van der Waals surface area contributed by atoms with Gasteiger partial charge < -0.3 is 0 Å². The Kier molecular flexibility index (Phi) is 5.29. The average Bonchev–Trinajstić information content (AvgIpc) is 3.02. The predicted octanol–water partition coefficient (Wildman–Crippen LogP) is 3.99. The normalized spacial score (nSPS) is 10.4. The highest BCUT2D eigenvalue weighted by atomic mass is 35.5. The number of nitrogens with zero attached hydrogens (tertiary/aromatic N) is 1. The van der Waals surface area contributed by atoms with Gasteiger partial charge in [-0.15, -0.1) is 11.3 Å². The van der Waals surface area contributed by atoms with Crippen molar-refractivity contribution in [3.63, 3.8) is 0 Å². The van der Waals surface area contributed by atoms with Crippen molar-refractivity contribution in [2.45, 2.75) is 6.92 Å². The third-order valence-electron chi connectivity index (χ3n) is 3.50. The highest BCUT2D eigenvalue weighted by Crippen LogP contribution is 2.27. The second-order valence-electron chi connectivity index (χ2n) is 5.30. The van der Waals surface area contributed by atoms with Crippen LogP contribution in [0.5, 0.6) is 0 Å². The monoisotopic (exact) mass is 389 g/mol. The number of nitrogens with one attached hydrogen (secondary N) is 2. The number of thiazole rings is 1. The Hall–Kier alpha value is -2.77. The van der Waals surface area contributed by atoms with E-state index in [9.17, 15) is 14.0 Å². The number of halogens is 2. The zero-order chi connectivity index (χ0) is 18.7. The van der Waals surface area contributed by atoms with E-state index in [1.54, 1.807) is 6.92 Å². The number of carbonyl (C=O) groups excluding carboxylic acids is 2. The molecule has 8 heteroatoms. The quantitative estimate of drug-likeness (QED) is 0.665. The summed E-state index contributed by atoms with van der Waals surface area (Å²) in [5, 5.41) is 0.647. The zero-order valence-electron chi connectivity index (χ0n) is 13.5. The van der Waals surface area contributed by atoms with E-state index < -0.39 is 17.6 Å². The Balaban J connectivity index is 1.73. The molecule has 0 radical (unpaired) electrons. The highest BCUT2D eigenvalue weighted by molar-refractivity contribution is 7.17. The van der Waals surface area contributed by atoms with Gasteiger partial charge in [-0.05, 0) is 19.1 Å². The number of hydrazine groups is 1. The molecule has 3 rings (SSSR count). The summed E-state index contributed by atoms with van der Waals surface area (Å²) in [5.74, 6) is -2.15. The molecule has 2 amide bonds. The zero-order valence-corrected chi connectivity index (χ0v) is 15.1. The number of carbonyl (C=O) groups is 2. The molecule has 0 saturated carbocycles. The van der Waals surface area contributed by atoms with Crippen molar-refractivity contribution >= 4 is 34.8 Å². The van der Waals surface area contributed by atoms with Crippen LogP contribution in [0.15, 0.2) is 48.5 Å². The van der Waals surface area contributed by atoms with E-state index >= 15 is 0 Å². The smallest absolute Gasteiger partial charge is 0.267 e. The van der Waals surface area contributed by atoms with Crippen molar-refractivity contribution in [1.82, 2.24) is 15.8 Å². The Morgan fingerprint density at radius 2 is 1.73 bits per heavy atom. The van der Waals surface area contributed by atoms with Crippen LogP contribution in [0.4, 0.5) is 4.39 Å². The molecule has 0 spiro atoms. The molecule has 0 fully saturated rings. The van der Waals surface area contributed by atoms with Crippen molar-refractivity contribution in [1.29, 1.82) is 0 Å². The first-order chi connectivity index (χ1) is 12.5. The number of amides is 2. The lowest BCUT2D eigenvalue weighted by Gasteiger charge is -2.08. The minimum absolute atomic E-state index is 0.0444. The summed E-state index contributed by atoms with van der Waals surface area (Å²) in [6, 6.07) is 13.3. The van der Waals surface area contributed by atoms with Gasteiger partial charge in [0.2, 0.25) is 0 Å². The Morgan fingerprint density at radius 3 is 2.42 bits per heavy atom. The minimum atomic E-state index is -0.841. The molecule has 0 unspecified atom stereocenters. The van der Waals surface area contributed by atoms with Crippen LogP contribution in [0, 0.1) is 12.7 Å². The molecule has 3 aromatic rings. The van der Waals surface area contributed by atoms with Gasteiger partial charge in [-0.2, -0.15) is 0 Å². The van der Waals surface area contributed by atoms with Gasteiger partial charge in [0.25, 0.3) is 11.8 Å². The molecule has 0 aliphatic rings. The fraction of sp³-hybridized carbons (Fsp3) is 0.0556. The highest BCUT2D eigenvalue weighted by Gasteiger charge is 2.19. The van der Waals surface area contributed by atoms with Crippen LogP contribution in [0.3, 0.4) is 0 Å². The van der Waals surface area contributed by atoms with Crippen LogP contribution in [-0.2, 0) is 0 Å². The van der Waals surface area contributed by atoms with E-state index in [1.165, 1.54) is 23.5 Å². The standard InChI is InChI=1S/C18H13ClFN3O2S/c1-10-15(26-18(21-10)11-6-3-2-4-7-11)17(25)23-22-16(24)14-12(19)8-5-9-13(14)20/h2-9H,1H3,(H,22,24)(H,23,25). The van der Waals surface area contributed by atoms with Crippen molar-refractivity contribution in [3.8, 4) is 10.6 Å². The molecule has 0 aliphatic carbocycles. The molecule has 2 aromatic carbocycles. The number of aryl methyl sites for hydroxylation is 1. The second-order valence-corrected chi connectivity index (χ2v) is 6.71. The van der Waals surface area contributed by atoms with Crippen LogP contribution >= 0.6 is 22.9 Å². The summed E-state index contributed by atoms with van der Waals surface area (Å²) in [6.45, 7) is 1.70. The van der Waals surface area contributed by atoms with E-state index in [-0.39, 0.29) is 10.6 Å². The Labute approximate surface area is 157 Å². The van der Waals surface area contributed by atoms with Crippen molar-refractivity contribution in [2.75, 3.05) is 0 Å². The van der Waals surface area contributed by atoms with E-state index in [1.807, 2.05) is 30.3 Å². The molecule has 5 nitrogen and oxygen atoms in total. The van der Waals surface area contributed by atoms with Crippen molar-refractivity contribution in [2.24, 2.45) is 0 Å². The first-order valence-electron chi connectivity index (χ1n) is 7.55. The molecule has 26 heavy (non-hydrogen) atoms. The molecular formula is C18H13ClFN3O2S. The molecule has 0 aliphatic heterocycles. The number of hydrogen-bond donors (Lipinski definition) is 2. The van der Waals surface area contributed by atoms with Crippen LogP contribution in [0.25, 0.3) is 10.6 Å². The lowest BCUT2D eigenvalue weighted by molar-refractivity contribution is 0.0846. The number of rotatable bonds is 3. The minimum Gasteiger partial charge on any atom is -0.267 e. The first-order valence-corrected chi connectivity index (χ1v) is 8.74. The predicted molar refractivity (Wildman–Crippen MR) is 98.6 cm³/mol. The van der Waals surface area contributed by atoms with Gasteiger partial charge in [0.05, 0.1) is 16.3 Å². The largest absolute Gasteiger partial charge is 0.281 e. The summed E-state index contributed by atoms with van der Waals surface area (Å²) < 4.78 is 13.7. The maximum atomic E-state index is 13.7. The summed E-state index contributed by atoms with van der Waals surface area (Å²) in [5.41, 5.74) is 5.52. The fourth-order valence-electron chi connectivity index (χ4n) is 2.26. The van der Waals surface area contributed by atoms with E-state index in [2.05, 4.69) is 15.8 Å². The molecule has 1 aromatic heterocycles. The van der Waals surface area contributed by atoms with E-state index in [4.69, 9.17) is 11.6 Å². The summed E-state index contributed by atoms with van der Waals surface area (Å²) in [6.07, 6.45) is 0. The van der Waals surface area contributed by atoms with E-state index in [0.717, 1.165) is 11.6 Å². The lowest BCUT2D eigenvalue weighted by atomic mass is 10.2. The average molecular weight is 390 g/mol. The number of hydrogen-bond acceptors (Lipinski definition) is 4. The summed E-state index contributed by atoms with van der Waals surface area (Å²) in [4.78, 5) is 29.1. The third kappa shape index (κ3) is 3.74. The maximum Gasteiger partial charge on any atom is 0.281 e. The van der Waals surface area contributed by atoms with Gasteiger partial charge in [-0.25, -0.2) is 9.37 Å². The van der Waals surface area contributed by atoms with Gasteiger partial charge in [0.15, 0.2) is 0 Å². The van der Waals surface area contributed by atoms with Crippen LogP contribution in [-0.4, -0.2) is 16.8 Å². The van der Waals surface area contributed by atoms with Crippen LogP contribution in [0.2, 0.25) is 5.02 Å². The Bertz CT molecular complexity index is 956. The van der Waals surface area contributed by atoms with Crippen molar-refractivity contribution < 1.29 is 14.0 Å². The summed E-state index contributed by atoms with van der Waals surface area (Å²) >= 11 is 7.03. The van der Waals surface area contributed by atoms with Crippen molar-refractivity contribution in [3.05, 3.63) is 75.5 Å². The molecular weight excluding hydrogens is 377 g/mol. The first kappa shape index (κ1) is 18.0. The maximum absolute atomic E-state index is 13.7. The second kappa shape index (κ2) is 7.63. The molecule has 1 heterocycles. The SMILES string of the molecule is Cc1nc(-c2ccccc2)sc1C(=O)NNC(=O)c1c(F)cccc1Cl. The van der Waals surface area contributed by atoms with Crippen LogP contribution in [0.1, 0.15) is 25.7 Å². The topological polar surface area (TPSA) is 71.1 Å². The lowest BCUT2D eigenvalue weighted by Crippen LogP contribution is -2.42. The van der Waals surface area contributed by atoms with Crippen LogP contribution < -0.4 is 10.9 Å². The van der Waals surface area contributed by atoms with Gasteiger partial charge >= 0.3 is 0 Å². The molecule has 0 saturated heterocycles. The molecule has 132 valence electrons.